The Morgan fingerprint density at radius 1 is 1.26 bits per heavy atom. The third-order valence-corrected chi connectivity index (χ3v) is 5.53. The fourth-order valence-electron chi connectivity index (χ4n) is 5.04. The molecule has 1 saturated heterocycles. The van der Waals surface area contributed by atoms with Crippen molar-refractivity contribution < 1.29 is 4.79 Å². The van der Waals surface area contributed by atoms with Crippen LogP contribution in [-0.4, -0.2) is 38.4 Å². The fourth-order valence-corrected chi connectivity index (χ4v) is 5.04. The maximum Gasteiger partial charge on any atom is 0.254 e. The Balaban J connectivity index is 1.66. The predicted molar refractivity (Wildman–Crippen MR) is 89.1 cm³/mol. The molecule has 1 saturated carbocycles. The molecule has 1 aromatic heterocycles. The molecule has 0 N–H and O–H groups in total. The summed E-state index contributed by atoms with van der Waals surface area (Å²) in [4.78, 5) is 15.2. The number of likely N-dealkylation sites (tertiary alicyclic amines) is 1. The lowest BCUT2D eigenvalue weighted by Crippen LogP contribution is -2.37. The van der Waals surface area contributed by atoms with E-state index in [1.807, 2.05) is 25.2 Å². The van der Waals surface area contributed by atoms with Crippen LogP contribution < -0.4 is 0 Å². The third kappa shape index (κ3) is 2.33. The molecule has 122 valence electrons. The Hall–Kier alpha value is -1.91. The monoisotopic (exact) mass is 312 g/mol. The lowest BCUT2D eigenvalue weighted by Gasteiger charge is -2.39. The number of hydrogen-bond acceptors (Lipinski definition) is 3. The minimum absolute atomic E-state index is 0.143. The summed E-state index contributed by atoms with van der Waals surface area (Å²) >= 11 is 0. The van der Waals surface area contributed by atoms with Gasteiger partial charge in [-0.05, 0) is 48.3 Å². The number of aryl methyl sites for hydroxylation is 1. The Bertz CT molecular complexity index is 793. The van der Waals surface area contributed by atoms with Gasteiger partial charge in [-0.1, -0.05) is 26.0 Å². The number of nitrogens with zero attached hydrogens (tertiary/aromatic N) is 4. The van der Waals surface area contributed by atoms with Crippen molar-refractivity contribution in [2.45, 2.75) is 46.1 Å². The Kier molecular flexibility index (Phi) is 2.91. The fraction of sp³-hybridized carbons (Fsp3) is 0.611. The molecule has 4 rings (SSSR count). The summed E-state index contributed by atoms with van der Waals surface area (Å²) in [6.07, 6.45) is 3.43. The third-order valence-electron chi connectivity index (χ3n) is 5.53. The van der Waals surface area contributed by atoms with Crippen LogP contribution in [0.15, 0.2) is 18.2 Å². The molecule has 5 nitrogen and oxygen atoms in total. The minimum atomic E-state index is 0.143. The molecule has 5 heteroatoms. The van der Waals surface area contributed by atoms with Crippen molar-refractivity contribution in [1.82, 2.24) is 19.9 Å². The van der Waals surface area contributed by atoms with Gasteiger partial charge in [0.15, 0.2) is 0 Å². The van der Waals surface area contributed by atoms with E-state index in [2.05, 4.69) is 36.0 Å². The Labute approximate surface area is 136 Å². The van der Waals surface area contributed by atoms with E-state index < -0.39 is 0 Å². The quantitative estimate of drug-likeness (QED) is 0.813. The second-order valence-electron chi connectivity index (χ2n) is 8.56. The number of aromatic nitrogens is 3. The van der Waals surface area contributed by atoms with Crippen LogP contribution >= 0.6 is 0 Å². The molecule has 2 unspecified atom stereocenters. The molecule has 2 aromatic rings. The molecule has 1 aromatic carbocycles. The van der Waals surface area contributed by atoms with Crippen molar-refractivity contribution in [3.05, 3.63) is 23.8 Å². The maximum atomic E-state index is 13.1. The van der Waals surface area contributed by atoms with Gasteiger partial charge in [-0.3, -0.25) is 4.79 Å². The van der Waals surface area contributed by atoms with Gasteiger partial charge in [0.05, 0.1) is 5.52 Å². The van der Waals surface area contributed by atoms with Crippen molar-refractivity contribution in [1.29, 1.82) is 0 Å². The molecule has 2 heterocycles. The predicted octanol–water partition coefficient (Wildman–Crippen LogP) is 3.01. The Morgan fingerprint density at radius 2 is 2.04 bits per heavy atom. The lowest BCUT2D eigenvalue weighted by molar-refractivity contribution is 0.0708. The summed E-state index contributed by atoms with van der Waals surface area (Å²) in [5, 5.41) is 8.15. The summed E-state index contributed by atoms with van der Waals surface area (Å²) < 4.78 is 1.73. The van der Waals surface area contributed by atoms with Crippen LogP contribution in [0.2, 0.25) is 0 Å². The van der Waals surface area contributed by atoms with Gasteiger partial charge in [0.1, 0.15) is 5.52 Å². The zero-order valence-corrected chi connectivity index (χ0v) is 14.3. The number of fused-ring (bicyclic) bond motifs is 3. The molecule has 2 bridgehead atoms. The van der Waals surface area contributed by atoms with Crippen molar-refractivity contribution in [2.75, 3.05) is 6.54 Å². The number of amides is 1. The molecule has 1 amide bonds. The molecular formula is C18H24N4O. The van der Waals surface area contributed by atoms with Crippen LogP contribution in [0.5, 0.6) is 0 Å². The standard InChI is InChI=1S/C18H24N4O/c1-17(2)8-13-9-18(3,10-17)11-22(13)16(23)12-5-6-15-14(7-12)19-20-21(15)4/h5-7,13H,8-11H2,1-4H3. The smallest absolute Gasteiger partial charge is 0.254 e. The summed E-state index contributed by atoms with van der Waals surface area (Å²) in [5.74, 6) is 0.143. The van der Waals surface area contributed by atoms with E-state index in [1.165, 1.54) is 6.42 Å². The normalized spacial score (nSPS) is 29.2. The van der Waals surface area contributed by atoms with E-state index in [-0.39, 0.29) is 11.3 Å². The van der Waals surface area contributed by atoms with Gasteiger partial charge in [-0.15, -0.1) is 5.10 Å². The summed E-state index contributed by atoms with van der Waals surface area (Å²) in [6, 6.07) is 6.09. The highest BCUT2D eigenvalue weighted by molar-refractivity contribution is 5.97. The topological polar surface area (TPSA) is 51.0 Å². The molecule has 2 aliphatic rings. The Morgan fingerprint density at radius 3 is 2.83 bits per heavy atom. The number of hydrogen-bond donors (Lipinski definition) is 0. The largest absolute Gasteiger partial charge is 0.335 e. The van der Waals surface area contributed by atoms with Gasteiger partial charge in [-0.25, -0.2) is 4.68 Å². The van der Waals surface area contributed by atoms with Crippen molar-refractivity contribution in [2.24, 2.45) is 17.9 Å². The summed E-state index contributed by atoms with van der Waals surface area (Å²) in [7, 11) is 1.86. The van der Waals surface area contributed by atoms with Crippen LogP contribution in [-0.2, 0) is 7.05 Å². The molecular weight excluding hydrogens is 288 g/mol. The number of carbonyl (C=O) groups is 1. The van der Waals surface area contributed by atoms with E-state index >= 15 is 0 Å². The van der Waals surface area contributed by atoms with Crippen molar-refractivity contribution >= 4 is 16.9 Å². The van der Waals surface area contributed by atoms with E-state index in [0.717, 1.165) is 36.0 Å². The minimum Gasteiger partial charge on any atom is -0.335 e. The average Bonchev–Trinajstić information content (AvgIpc) is 2.94. The molecule has 0 radical (unpaired) electrons. The average molecular weight is 312 g/mol. The van der Waals surface area contributed by atoms with Crippen LogP contribution in [0, 0.1) is 10.8 Å². The molecule has 0 spiro atoms. The summed E-state index contributed by atoms with van der Waals surface area (Å²) in [5.41, 5.74) is 3.05. The van der Waals surface area contributed by atoms with Crippen LogP contribution in [0.1, 0.15) is 50.4 Å². The van der Waals surface area contributed by atoms with Gasteiger partial charge in [0.2, 0.25) is 0 Å². The highest BCUT2D eigenvalue weighted by atomic mass is 16.2. The second kappa shape index (κ2) is 4.56. The van der Waals surface area contributed by atoms with Gasteiger partial charge in [-0.2, -0.15) is 0 Å². The van der Waals surface area contributed by atoms with Gasteiger partial charge in [0, 0.05) is 25.2 Å². The van der Waals surface area contributed by atoms with E-state index in [1.54, 1.807) is 4.68 Å². The first-order chi connectivity index (χ1) is 10.8. The molecule has 2 fully saturated rings. The molecule has 2 atom stereocenters. The lowest BCUT2D eigenvalue weighted by atomic mass is 9.65. The number of benzene rings is 1. The van der Waals surface area contributed by atoms with Gasteiger partial charge in [0.25, 0.3) is 5.91 Å². The highest BCUT2D eigenvalue weighted by Crippen LogP contribution is 2.52. The first kappa shape index (κ1) is 14.7. The zero-order chi connectivity index (χ0) is 16.4. The van der Waals surface area contributed by atoms with E-state index in [4.69, 9.17) is 0 Å². The SMILES string of the molecule is Cn1nnc2cc(C(=O)N3CC4(C)CC3CC(C)(C)C4)ccc21. The number of rotatable bonds is 1. The molecule has 1 aliphatic carbocycles. The van der Waals surface area contributed by atoms with Crippen LogP contribution in [0.3, 0.4) is 0 Å². The summed E-state index contributed by atoms with van der Waals surface area (Å²) in [6.45, 7) is 7.87. The molecule has 23 heavy (non-hydrogen) atoms. The van der Waals surface area contributed by atoms with E-state index in [9.17, 15) is 4.79 Å². The van der Waals surface area contributed by atoms with Crippen LogP contribution in [0.25, 0.3) is 11.0 Å². The van der Waals surface area contributed by atoms with Crippen molar-refractivity contribution in [3.8, 4) is 0 Å². The highest BCUT2D eigenvalue weighted by Gasteiger charge is 2.51. The first-order valence-electron chi connectivity index (χ1n) is 8.37. The van der Waals surface area contributed by atoms with Gasteiger partial charge >= 0.3 is 0 Å². The van der Waals surface area contributed by atoms with E-state index in [0.29, 0.717) is 11.5 Å². The maximum absolute atomic E-state index is 13.1. The second-order valence-corrected chi connectivity index (χ2v) is 8.56. The first-order valence-corrected chi connectivity index (χ1v) is 8.37. The molecule has 1 aliphatic heterocycles. The van der Waals surface area contributed by atoms with Crippen LogP contribution in [0.4, 0.5) is 0 Å². The van der Waals surface area contributed by atoms with Crippen molar-refractivity contribution in [3.63, 3.8) is 0 Å². The van der Waals surface area contributed by atoms with Gasteiger partial charge < -0.3 is 4.90 Å². The zero-order valence-electron chi connectivity index (χ0n) is 14.3. The number of carbonyl (C=O) groups excluding carboxylic acids is 1.